The molecule has 0 amide bonds. The molecule has 0 radical (unpaired) electrons. The van der Waals surface area contributed by atoms with Crippen LogP contribution in [0.15, 0.2) is 60.9 Å². The largest absolute Gasteiger partial charge is 0.462 e. The molecule has 3 aromatic rings. The van der Waals surface area contributed by atoms with Crippen molar-refractivity contribution in [2.24, 2.45) is 0 Å². The standard InChI is InChI=1S/C21H21FN4O2/c1-2-28-21(27)16-8-4-6-10-18(16)26-20-13-19(24-14-25-20)23-12-11-15-7-3-5-9-17(15)22/h3-10,13-14H,2,11-12H2,1H3,(H2,23,24,25,26). The van der Waals surface area contributed by atoms with E-state index in [2.05, 4.69) is 20.6 Å². The Morgan fingerprint density at radius 1 is 1.07 bits per heavy atom. The third kappa shape index (κ3) is 5.03. The van der Waals surface area contributed by atoms with Crippen molar-refractivity contribution >= 4 is 23.3 Å². The van der Waals surface area contributed by atoms with Crippen LogP contribution in [-0.4, -0.2) is 29.1 Å². The highest BCUT2D eigenvalue weighted by molar-refractivity contribution is 5.96. The van der Waals surface area contributed by atoms with Crippen molar-refractivity contribution in [3.05, 3.63) is 77.9 Å². The second-order valence-electron chi connectivity index (χ2n) is 5.95. The minimum absolute atomic E-state index is 0.218. The molecular formula is C21H21FN4O2. The lowest BCUT2D eigenvalue weighted by atomic mass is 10.1. The summed E-state index contributed by atoms with van der Waals surface area (Å²) in [7, 11) is 0. The van der Waals surface area contributed by atoms with Crippen LogP contribution in [0, 0.1) is 5.82 Å². The lowest BCUT2D eigenvalue weighted by Gasteiger charge is -2.12. The molecule has 1 aromatic heterocycles. The number of para-hydroxylation sites is 1. The van der Waals surface area contributed by atoms with Crippen molar-refractivity contribution in [3.8, 4) is 0 Å². The Kier molecular flexibility index (Phi) is 6.51. The van der Waals surface area contributed by atoms with Crippen LogP contribution in [0.1, 0.15) is 22.8 Å². The molecule has 0 aliphatic rings. The lowest BCUT2D eigenvalue weighted by Crippen LogP contribution is -2.09. The van der Waals surface area contributed by atoms with Crippen molar-refractivity contribution in [3.63, 3.8) is 0 Å². The number of esters is 1. The summed E-state index contributed by atoms with van der Waals surface area (Å²) in [6.07, 6.45) is 1.95. The Morgan fingerprint density at radius 3 is 2.64 bits per heavy atom. The Bertz CT molecular complexity index is 949. The molecule has 2 aromatic carbocycles. The normalized spacial score (nSPS) is 10.4. The Balaban J connectivity index is 1.66. The minimum Gasteiger partial charge on any atom is -0.462 e. The van der Waals surface area contributed by atoms with Gasteiger partial charge in [0.2, 0.25) is 0 Å². The van der Waals surface area contributed by atoms with Gasteiger partial charge in [-0.2, -0.15) is 0 Å². The van der Waals surface area contributed by atoms with Gasteiger partial charge in [-0.25, -0.2) is 19.2 Å². The summed E-state index contributed by atoms with van der Waals surface area (Å²) in [5, 5.41) is 6.27. The maximum Gasteiger partial charge on any atom is 0.340 e. The first-order valence-corrected chi connectivity index (χ1v) is 9.00. The quantitative estimate of drug-likeness (QED) is 0.571. The Hall–Kier alpha value is -3.48. The second-order valence-corrected chi connectivity index (χ2v) is 5.95. The van der Waals surface area contributed by atoms with Gasteiger partial charge in [0.1, 0.15) is 23.8 Å². The minimum atomic E-state index is -0.400. The van der Waals surface area contributed by atoms with E-state index in [1.807, 2.05) is 12.1 Å². The predicted octanol–water partition coefficient (Wildman–Crippen LogP) is 4.19. The monoisotopic (exact) mass is 380 g/mol. The van der Waals surface area contributed by atoms with Gasteiger partial charge in [0.05, 0.1) is 17.9 Å². The average Bonchev–Trinajstić information content (AvgIpc) is 2.70. The van der Waals surface area contributed by atoms with Gasteiger partial charge in [-0.15, -0.1) is 0 Å². The summed E-state index contributed by atoms with van der Waals surface area (Å²) in [5.74, 6) is 0.510. The molecule has 0 saturated heterocycles. The van der Waals surface area contributed by atoms with Gasteiger partial charge < -0.3 is 15.4 Å². The van der Waals surface area contributed by atoms with Gasteiger partial charge >= 0.3 is 5.97 Å². The molecule has 2 N–H and O–H groups in total. The number of halogens is 1. The van der Waals surface area contributed by atoms with Crippen LogP contribution < -0.4 is 10.6 Å². The van der Waals surface area contributed by atoms with Crippen LogP contribution in [0.5, 0.6) is 0 Å². The predicted molar refractivity (Wildman–Crippen MR) is 106 cm³/mol. The first kappa shape index (κ1) is 19.3. The van der Waals surface area contributed by atoms with Crippen molar-refractivity contribution < 1.29 is 13.9 Å². The fourth-order valence-corrected chi connectivity index (χ4v) is 2.67. The SMILES string of the molecule is CCOC(=O)c1ccccc1Nc1cc(NCCc2ccccc2F)ncn1. The molecule has 0 saturated carbocycles. The molecule has 7 heteroatoms. The van der Waals surface area contributed by atoms with E-state index >= 15 is 0 Å². The van der Waals surface area contributed by atoms with E-state index in [4.69, 9.17) is 4.74 Å². The van der Waals surface area contributed by atoms with Crippen LogP contribution in [0.4, 0.5) is 21.7 Å². The number of hydrogen-bond acceptors (Lipinski definition) is 6. The number of nitrogens with zero attached hydrogens (tertiary/aromatic N) is 2. The second kappa shape index (κ2) is 9.45. The number of ether oxygens (including phenoxy) is 1. The van der Waals surface area contributed by atoms with E-state index < -0.39 is 5.97 Å². The summed E-state index contributed by atoms with van der Waals surface area (Å²) >= 11 is 0. The molecule has 0 bridgehead atoms. The third-order valence-electron chi connectivity index (χ3n) is 4.01. The van der Waals surface area contributed by atoms with E-state index in [9.17, 15) is 9.18 Å². The van der Waals surface area contributed by atoms with Crippen LogP contribution >= 0.6 is 0 Å². The number of carbonyl (C=O) groups excluding carboxylic acids is 1. The lowest BCUT2D eigenvalue weighted by molar-refractivity contribution is 0.0527. The van der Waals surface area contributed by atoms with E-state index in [0.717, 1.165) is 0 Å². The number of anilines is 3. The summed E-state index contributed by atoms with van der Waals surface area (Å²) < 4.78 is 18.8. The molecule has 0 aliphatic carbocycles. The van der Waals surface area contributed by atoms with Gasteiger partial charge in [-0.1, -0.05) is 30.3 Å². The van der Waals surface area contributed by atoms with Crippen molar-refractivity contribution in [2.45, 2.75) is 13.3 Å². The Morgan fingerprint density at radius 2 is 1.82 bits per heavy atom. The molecule has 0 unspecified atom stereocenters. The molecule has 0 fully saturated rings. The topological polar surface area (TPSA) is 76.1 Å². The molecule has 0 spiro atoms. The van der Waals surface area contributed by atoms with E-state index in [1.54, 1.807) is 43.3 Å². The van der Waals surface area contributed by atoms with Gasteiger partial charge in [-0.3, -0.25) is 0 Å². The van der Waals surface area contributed by atoms with E-state index in [-0.39, 0.29) is 5.82 Å². The molecule has 3 rings (SSSR count). The molecule has 28 heavy (non-hydrogen) atoms. The van der Waals surface area contributed by atoms with Gasteiger partial charge in [-0.05, 0) is 37.1 Å². The van der Waals surface area contributed by atoms with E-state index in [0.29, 0.717) is 48.0 Å². The number of carbonyl (C=O) groups is 1. The van der Waals surface area contributed by atoms with Crippen LogP contribution in [0.3, 0.4) is 0 Å². The summed E-state index contributed by atoms with van der Waals surface area (Å²) in [5.41, 5.74) is 1.67. The number of aromatic nitrogens is 2. The van der Waals surface area contributed by atoms with E-state index in [1.165, 1.54) is 12.4 Å². The van der Waals surface area contributed by atoms with Gasteiger partial charge in [0.15, 0.2) is 0 Å². The fourth-order valence-electron chi connectivity index (χ4n) is 2.67. The summed E-state index contributed by atoms with van der Waals surface area (Å²) in [4.78, 5) is 20.4. The van der Waals surface area contributed by atoms with Gasteiger partial charge in [0, 0.05) is 12.6 Å². The highest BCUT2D eigenvalue weighted by Crippen LogP contribution is 2.21. The first-order chi connectivity index (χ1) is 13.7. The smallest absolute Gasteiger partial charge is 0.340 e. The number of rotatable bonds is 8. The zero-order valence-corrected chi connectivity index (χ0v) is 15.5. The summed E-state index contributed by atoms with van der Waals surface area (Å²) in [6.45, 7) is 2.59. The zero-order valence-electron chi connectivity index (χ0n) is 15.5. The summed E-state index contributed by atoms with van der Waals surface area (Å²) in [6, 6.07) is 15.5. The molecular weight excluding hydrogens is 359 g/mol. The maximum absolute atomic E-state index is 13.7. The molecule has 0 atom stereocenters. The van der Waals surface area contributed by atoms with Crippen LogP contribution in [-0.2, 0) is 11.2 Å². The number of hydrogen-bond donors (Lipinski definition) is 2. The zero-order chi connectivity index (χ0) is 19.8. The number of nitrogens with one attached hydrogen (secondary N) is 2. The Labute approximate surface area is 162 Å². The molecule has 6 nitrogen and oxygen atoms in total. The van der Waals surface area contributed by atoms with Gasteiger partial charge in [0.25, 0.3) is 0 Å². The molecule has 1 heterocycles. The molecule has 144 valence electrons. The fraction of sp³-hybridized carbons (Fsp3) is 0.190. The first-order valence-electron chi connectivity index (χ1n) is 9.00. The van der Waals surface area contributed by atoms with Crippen LogP contribution in [0.25, 0.3) is 0 Å². The number of benzene rings is 2. The molecule has 0 aliphatic heterocycles. The maximum atomic E-state index is 13.7. The van der Waals surface area contributed by atoms with Crippen LogP contribution in [0.2, 0.25) is 0 Å². The van der Waals surface area contributed by atoms with Crippen molar-refractivity contribution in [1.29, 1.82) is 0 Å². The average molecular weight is 380 g/mol. The highest BCUT2D eigenvalue weighted by atomic mass is 19.1. The highest BCUT2D eigenvalue weighted by Gasteiger charge is 2.12. The van der Waals surface area contributed by atoms with Crippen molar-refractivity contribution in [1.82, 2.24) is 9.97 Å². The van der Waals surface area contributed by atoms with Crippen molar-refractivity contribution in [2.75, 3.05) is 23.8 Å². The third-order valence-corrected chi connectivity index (χ3v) is 4.01.